The number of likely N-dealkylation sites (N-methyl/N-ethyl adjacent to an activating group) is 1. The standard InChI is InChI=1S/C12H17BrN2O/c1-3-9-7-10(13)5-6-11(9)15-8-12(16)14-4-2/h5-7,15H,3-4,8H2,1-2H3,(H,14,16). The third-order valence-corrected chi connectivity index (χ3v) is 2.75. The Bertz CT molecular complexity index is 366. The van der Waals surface area contributed by atoms with Crippen molar-refractivity contribution < 1.29 is 4.79 Å². The summed E-state index contributed by atoms with van der Waals surface area (Å²) in [5, 5.41) is 5.90. The number of nitrogens with one attached hydrogen (secondary N) is 2. The van der Waals surface area contributed by atoms with E-state index in [2.05, 4.69) is 39.6 Å². The van der Waals surface area contributed by atoms with E-state index in [0.29, 0.717) is 13.1 Å². The minimum Gasteiger partial charge on any atom is -0.376 e. The van der Waals surface area contributed by atoms with Gasteiger partial charge in [-0.1, -0.05) is 22.9 Å². The second kappa shape index (κ2) is 6.53. The Hall–Kier alpha value is -1.03. The van der Waals surface area contributed by atoms with Gasteiger partial charge in [0.15, 0.2) is 0 Å². The molecule has 0 radical (unpaired) electrons. The van der Waals surface area contributed by atoms with Gasteiger partial charge in [-0.25, -0.2) is 0 Å². The van der Waals surface area contributed by atoms with E-state index >= 15 is 0 Å². The third-order valence-electron chi connectivity index (χ3n) is 2.26. The zero-order valence-electron chi connectivity index (χ0n) is 9.64. The number of hydrogen-bond acceptors (Lipinski definition) is 2. The van der Waals surface area contributed by atoms with Crippen molar-refractivity contribution in [1.82, 2.24) is 5.32 Å². The van der Waals surface area contributed by atoms with Crippen molar-refractivity contribution >= 4 is 27.5 Å². The quantitative estimate of drug-likeness (QED) is 0.873. The van der Waals surface area contributed by atoms with Crippen LogP contribution in [0, 0.1) is 0 Å². The molecule has 1 aromatic carbocycles. The maximum absolute atomic E-state index is 11.3. The highest BCUT2D eigenvalue weighted by molar-refractivity contribution is 9.10. The first-order valence-electron chi connectivity index (χ1n) is 5.46. The number of carbonyl (C=O) groups excluding carboxylic acids is 1. The van der Waals surface area contributed by atoms with Crippen LogP contribution in [-0.2, 0) is 11.2 Å². The Morgan fingerprint density at radius 1 is 1.38 bits per heavy atom. The lowest BCUT2D eigenvalue weighted by Gasteiger charge is -2.11. The molecule has 0 aromatic heterocycles. The molecule has 2 N–H and O–H groups in total. The molecule has 0 saturated heterocycles. The molecule has 88 valence electrons. The van der Waals surface area contributed by atoms with Crippen molar-refractivity contribution in [3.8, 4) is 0 Å². The zero-order valence-corrected chi connectivity index (χ0v) is 11.2. The molecule has 0 atom stereocenters. The van der Waals surface area contributed by atoms with Crippen LogP contribution in [0.3, 0.4) is 0 Å². The summed E-state index contributed by atoms with van der Waals surface area (Å²) in [7, 11) is 0. The summed E-state index contributed by atoms with van der Waals surface area (Å²) in [6, 6.07) is 6.03. The molecule has 0 saturated carbocycles. The normalized spacial score (nSPS) is 9.94. The first kappa shape index (κ1) is 13.0. The summed E-state index contributed by atoms with van der Waals surface area (Å²) in [5.74, 6) is 0.0208. The van der Waals surface area contributed by atoms with Gasteiger partial charge in [-0.05, 0) is 37.1 Å². The molecule has 0 unspecified atom stereocenters. The van der Waals surface area contributed by atoms with Crippen LogP contribution in [-0.4, -0.2) is 19.0 Å². The van der Waals surface area contributed by atoms with Gasteiger partial charge >= 0.3 is 0 Å². The number of halogens is 1. The maximum atomic E-state index is 11.3. The number of benzene rings is 1. The third kappa shape index (κ3) is 3.85. The largest absolute Gasteiger partial charge is 0.376 e. The Kier molecular flexibility index (Phi) is 5.32. The monoisotopic (exact) mass is 284 g/mol. The molecule has 0 bridgehead atoms. The molecule has 0 spiro atoms. The van der Waals surface area contributed by atoms with Gasteiger partial charge in [0.2, 0.25) is 5.91 Å². The number of rotatable bonds is 5. The number of hydrogen-bond donors (Lipinski definition) is 2. The van der Waals surface area contributed by atoms with E-state index in [1.165, 1.54) is 5.56 Å². The first-order valence-corrected chi connectivity index (χ1v) is 6.25. The lowest BCUT2D eigenvalue weighted by Crippen LogP contribution is -2.29. The fourth-order valence-corrected chi connectivity index (χ4v) is 1.87. The van der Waals surface area contributed by atoms with E-state index in [-0.39, 0.29) is 5.91 Å². The zero-order chi connectivity index (χ0) is 12.0. The maximum Gasteiger partial charge on any atom is 0.239 e. The van der Waals surface area contributed by atoms with Crippen molar-refractivity contribution in [1.29, 1.82) is 0 Å². The van der Waals surface area contributed by atoms with E-state index in [0.717, 1.165) is 16.6 Å². The molecule has 3 nitrogen and oxygen atoms in total. The molecule has 1 rings (SSSR count). The Morgan fingerprint density at radius 2 is 2.12 bits per heavy atom. The molecule has 0 aliphatic carbocycles. The van der Waals surface area contributed by atoms with Gasteiger partial charge in [-0.2, -0.15) is 0 Å². The van der Waals surface area contributed by atoms with Gasteiger partial charge < -0.3 is 10.6 Å². The summed E-state index contributed by atoms with van der Waals surface area (Å²) < 4.78 is 1.06. The molecule has 0 heterocycles. The van der Waals surface area contributed by atoms with Crippen LogP contribution in [0.15, 0.2) is 22.7 Å². The Balaban J connectivity index is 2.63. The smallest absolute Gasteiger partial charge is 0.239 e. The van der Waals surface area contributed by atoms with Gasteiger partial charge in [0, 0.05) is 16.7 Å². The molecular weight excluding hydrogens is 268 g/mol. The van der Waals surface area contributed by atoms with Gasteiger partial charge in [0.25, 0.3) is 0 Å². The fraction of sp³-hybridized carbons (Fsp3) is 0.417. The van der Waals surface area contributed by atoms with E-state index < -0.39 is 0 Å². The van der Waals surface area contributed by atoms with Gasteiger partial charge in [0.05, 0.1) is 6.54 Å². The van der Waals surface area contributed by atoms with Crippen LogP contribution < -0.4 is 10.6 Å². The second-order valence-electron chi connectivity index (χ2n) is 3.46. The van der Waals surface area contributed by atoms with Crippen LogP contribution in [0.5, 0.6) is 0 Å². The number of anilines is 1. The molecular formula is C12H17BrN2O. The highest BCUT2D eigenvalue weighted by Crippen LogP contribution is 2.21. The minimum absolute atomic E-state index is 0.0208. The molecule has 4 heteroatoms. The van der Waals surface area contributed by atoms with Gasteiger partial charge in [0.1, 0.15) is 0 Å². The van der Waals surface area contributed by atoms with E-state index in [9.17, 15) is 4.79 Å². The minimum atomic E-state index is 0.0208. The van der Waals surface area contributed by atoms with Crippen molar-refractivity contribution in [2.45, 2.75) is 20.3 Å². The van der Waals surface area contributed by atoms with Crippen molar-refractivity contribution in [3.63, 3.8) is 0 Å². The lowest BCUT2D eigenvalue weighted by atomic mass is 10.1. The summed E-state index contributed by atoms with van der Waals surface area (Å²) in [6.07, 6.45) is 0.942. The topological polar surface area (TPSA) is 41.1 Å². The fourth-order valence-electron chi connectivity index (χ4n) is 1.46. The highest BCUT2D eigenvalue weighted by Gasteiger charge is 2.03. The molecule has 0 fully saturated rings. The van der Waals surface area contributed by atoms with Crippen LogP contribution >= 0.6 is 15.9 Å². The van der Waals surface area contributed by atoms with Crippen molar-refractivity contribution in [2.24, 2.45) is 0 Å². The second-order valence-corrected chi connectivity index (χ2v) is 4.38. The van der Waals surface area contributed by atoms with Crippen LogP contribution in [0.25, 0.3) is 0 Å². The summed E-state index contributed by atoms with van der Waals surface area (Å²) >= 11 is 3.43. The SMILES string of the molecule is CCNC(=O)CNc1ccc(Br)cc1CC. The summed E-state index contributed by atoms with van der Waals surface area (Å²) in [6.45, 7) is 5.00. The van der Waals surface area contributed by atoms with E-state index in [1.54, 1.807) is 0 Å². The van der Waals surface area contributed by atoms with Gasteiger partial charge in [-0.15, -0.1) is 0 Å². The molecule has 0 aliphatic rings. The highest BCUT2D eigenvalue weighted by atomic mass is 79.9. The van der Waals surface area contributed by atoms with E-state index in [4.69, 9.17) is 0 Å². The average molecular weight is 285 g/mol. The summed E-state index contributed by atoms with van der Waals surface area (Å²) in [5.41, 5.74) is 2.23. The lowest BCUT2D eigenvalue weighted by molar-refractivity contribution is -0.119. The molecule has 1 aromatic rings. The van der Waals surface area contributed by atoms with Crippen LogP contribution in [0.1, 0.15) is 19.4 Å². The number of aryl methyl sites for hydroxylation is 1. The molecule has 1 amide bonds. The Labute approximate surface area is 105 Å². The number of carbonyl (C=O) groups is 1. The average Bonchev–Trinajstić information content (AvgIpc) is 2.27. The van der Waals surface area contributed by atoms with Crippen LogP contribution in [0.4, 0.5) is 5.69 Å². The summed E-state index contributed by atoms with van der Waals surface area (Å²) in [4.78, 5) is 11.3. The van der Waals surface area contributed by atoms with Crippen molar-refractivity contribution in [2.75, 3.05) is 18.4 Å². The molecule has 0 aliphatic heterocycles. The predicted octanol–water partition coefficient (Wildman–Crippen LogP) is 2.56. The van der Waals surface area contributed by atoms with Crippen molar-refractivity contribution in [3.05, 3.63) is 28.2 Å². The number of amides is 1. The first-order chi connectivity index (χ1) is 7.67. The van der Waals surface area contributed by atoms with E-state index in [1.807, 2.05) is 19.1 Å². The predicted molar refractivity (Wildman–Crippen MR) is 70.7 cm³/mol. The van der Waals surface area contributed by atoms with Gasteiger partial charge in [-0.3, -0.25) is 4.79 Å². The Morgan fingerprint density at radius 3 is 2.75 bits per heavy atom. The molecule has 16 heavy (non-hydrogen) atoms. The van der Waals surface area contributed by atoms with Crippen LogP contribution in [0.2, 0.25) is 0 Å².